The maximum absolute atomic E-state index is 11.2. The topological polar surface area (TPSA) is 126 Å². The van der Waals surface area contributed by atoms with Crippen LogP contribution in [0.5, 0.6) is 0 Å². The zero-order valence-corrected chi connectivity index (χ0v) is 20.3. The van der Waals surface area contributed by atoms with Crippen molar-refractivity contribution < 1.29 is 13.3 Å². The molecule has 0 aliphatic heterocycles. The maximum atomic E-state index is 11.2. The molecule has 0 saturated carbocycles. The Hall–Kier alpha value is -1.47. The summed E-state index contributed by atoms with van der Waals surface area (Å²) >= 11 is 0. The third-order valence-electron chi connectivity index (χ3n) is 3.97. The average Bonchev–Trinajstić information content (AvgIpc) is 2.62. The molecule has 166 valence electrons. The fourth-order valence-electron chi connectivity index (χ4n) is 2.47. The molecule has 0 heterocycles. The first-order valence-corrected chi connectivity index (χ1v) is 11.3. The molecule has 0 fully saturated rings. The second-order valence-corrected chi connectivity index (χ2v) is 8.56. The zero-order chi connectivity index (χ0) is 21.0. The molecule has 1 aromatic carbocycles. The molecular formula is C18H32IN5O4S. The molecule has 0 bridgehead atoms. The predicted molar refractivity (Wildman–Crippen MR) is 127 cm³/mol. The molecule has 1 unspecified atom stereocenters. The third kappa shape index (κ3) is 13.4. The Morgan fingerprint density at radius 2 is 1.86 bits per heavy atom. The van der Waals surface area contributed by atoms with Crippen molar-refractivity contribution in [2.24, 2.45) is 4.99 Å². The summed E-state index contributed by atoms with van der Waals surface area (Å²) < 4.78 is 24.7. The number of unbranched alkanes of at least 4 members (excludes halogenated alkanes) is 2. The van der Waals surface area contributed by atoms with Crippen molar-refractivity contribution in [1.82, 2.24) is 15.4 Å². The molecule has 0 radical (unpaired) electrons. The van der Waals surface area contributed by atoms with Gasteiger partial charge in [-0.2, -0.15) is 0 Å². The molecule has 1 rings (SSSR count). The van der Waals surface area contributed by atoms with E-state index in [9.17, 15) is 18.5 Å². The van der Waals surface area contributed by atoms with E-state index >= 15 is 0 Å². The van der Waals surface area contributed by atoms with Gasteiger partial charge >= 0.3 is 0 Å². The van der Waals surface area contributed by atoms with E-state index in [0.717, 1.165) is 31.1 Å². The van der Waals surface area contributed by atoms with Crippen LogP contribution < -0.4 is 15.4 Å². The summed E-state index contributed by atoms with van der Waals surface area (Å²) in [4.78, 5) is 14.8. The minimum absolute atomic E-state index is 0. The Bertz CT molecular complexity index is 741. The molecular weight excluding hydrogens is 509 g/mol. The number of aliphatic imine (C=N–C) groups is 1. The fraction of sp³-hybridized carbons (Fsp3) is 0.611. The number of hydrogen-bond acceptors (Lipinski definition) is 5. The molecule has 0 amide bonds. The van der Waals surface area contributed by atoms with Crippen LogP contribution in [0.1, 0.15) is 45.1 Å². The number of non-ortho nitro benzene ring substituents is 1. The van der Waals surface area contributed by atoms with Gasteiger partial charge in [0.1, 0.15) is 0 Å². The normalized spacial score (nSPS) is 12.7. The van der Waals surface area contributed by atoms with E-state index in [4.69, 9.17) is 0 Å². The van der Waals surface area contributed by atoms with Crippen molar-refractivity contribution in [2.75, 3.05) is 19.3 Å². The summed E-state index contributed by atoms with van der Waals surface area (Å²) in [5.41, 5.74) is 0.889. The van der Waals surface area contributed by atoms with E-state index in [1.165, 1.54) is 18.6 Å². The SMILES string of the molecule is CCCCCC(C)NC(=NCc1ccc([N+](=O)[O-])cc1)NCCNS(C)(=O)=O.I. The highest BCUT2D eigenvalue weighted by molar-refractivity contribution is 14.0. The van der Waals surface area contributed by atoms with Crippen LogP contribution in [0.2, 0.25) is 0 Å². The zero-order valence-electron chi connectivity index (χ0n) is 17.2. The lowest BCUT2D eigenvalue weighted by Gasteiger charge is -2.18. The van der Waals surface area contributed by atoms with Crippen molar-refractivity contribution in [3.05, 3.63) is 39.9 Å². The van der Waals surface area contributed by atoms with Crippen LogP contribution in [0.25, 0.3) is 0 Å². The quantitative estimate of drug-likeness (QED) is 0.0934. The highest BCUT2D eigenvalue weighted by Gasteiger charge is 2.07. The molecule has 1 atom stereocenters. The lowest BCUT2D eigenvalue weighted by molar-refractivity contribution is -0.384. The molecule has 29 heavy (non-hydrogen) atoms. The molecule has 11 heteroatoms. The molecule has 1 aromatic rings. The van der Waals surface area contributed by atoms with Crippen LogP contribution in [0.15, 0.2) is 29.3 Å². The minimum atomic E-state index is -3.23. The molecule has 3 N–H and O–H groups in total. The number of nitrogens with zero attached hydrogens (tertiary/aromatic N) is 2. The van der Waals surface area contributed by atoms with Crippen molar-refractivity contribution in [3.63, 3.8) is 0 Å². The fourth-order valence-corrected chi connectivity index (χ4v) is 2.94. The van der Waals surface area contributed by atoms with Crippen LogP contribution in [0, 0.1) is 10.1 Å². The van der Waals surface area contributed by atoms with Gasteiger partial charge < -0.3 is 10.6 Å². The Balaban J connectivity index is 0.00000784. The van der Waals surface area contributed by atoms with Gasteiger partial charge in [-0.05, 0) is 18.9 Å². The van der Waals surface area contributed by atoms with Crippen LogP contribution in [-0.4, -0.2) is 44.7 Å². The first kappa shape index (κ1) is 27.5. The number of benzene rings is 1. The Kier molecular flexibility index (Phi) is 13.8. The number of halogens is 1. The number of hydrogen-bond donors (Lipinski definition) is 3. The Morgan fingerprint density at radius 1 is 1.21 bits per heavy atom. The lowest BCUT2D eigenvalue weighted by Crippen LogP contribution is -2.44. The largest absolute Gasteiger partial charge is 0.355 e. The van der Waals surface area contributed by atoms with Crippen molar-refractivity contribution in [3.8, 4) is 0 Å². The van der Waals surface area contributed by atoms with E-state index in [-0.39, 0.29) is 42.3 Å². The standard InChI is InChI=1S/C18H31N5O4S.HI/c1-4-5-6-7-15(2)22-18(19-12-13-21-28(3,26)27)20-14-16-8-10-17(11-9-16)23(24)25;/h8-11,15,21H,4-7,12-14H2,1-3H3,(H2,19,20,22);1H. The highest BCUT2D eigenvalue weighted by atomic mass is 127. The van der Waals surface area contributed by atoms with Crippen molar-refractivity contribution in [2.45, 2.75) is 52.1 Å². The Morgan fingerprint density at radius 3 is 2.41 bits per heavy atom. The summed E-state index contributed by atoms with van der Waals surface area (Å²) in [6.07, 6.45) is 5.57. The number of nitro groups is 1. The predicted octanol–water partition coefficient (Wildman–Crippen LogP) is 2.77. The van der Waals surface area contributed by atoms with Crippen LogP contribution in [-0.2, 0) is 16.6 Å². The van der Waals surface area contributed by atoms with Gasteiger partial charge in [-0.15, -0.1) is 24.0 Å². The smallest absolute Gasteiger partial charge is 0.269 e. The van der Waals surface area contributed by atoms with Gasteiger partial charge in [0.15, 0.2) is 5.96 Å². The van der Waals surface area contributed by atoms with Crippen LogP contribution >= 0.6 is 24.0 Å². The number of nitro benzene ring substituents is 1. The number of sulfonamides is 1. The lowest BCUT2D eigenvalue weighted by atomic mass is 10.1. The molecule has 0 saturated heterocycles. The summed E-state index contributed by atoms with van der Waals surface area (Å²) in [6.45, 7) is 5.23. The highest BCUT2D eigenvalue weighted by Crippen LogP contribution is 2.12. The molecule has 9 nitrogen and oxygen atoms in total. The van der Waals surface area contributed by atoms with Gasteiger partial charge in [0.2, 0.25) is 10.0 Å². The van der Waals surface area contributed by atoms with Crippen LogP contribution in [0.3, 0.4) is 0 Å². The molecule has 0 spiro atoms. The minimum Gasteiger partial charge on any atom is -0.355 e. The van der Waals surface area contributed by atoms with Crippen molar-refractivity contribution >= 4 is 45.6 Å². The summed E-state index contributed by atoms with van der Waals surface area (Å²) in [5.74, 6) is 0.581. The molecule has 0 aromatic heterocycles. The maximum Gasteiger partial charge on any atom is 0.269 e. The van der Waals surface area contributed by atoms with E-state index in [2.05, 4.69) is 34.2 Å². The van der Waals surface area contributed by atoms with Gasteiger partial charge in [0.25, 0.3) is 5.69 Å². The van der Waals surface area contributed by atoms with E-state index in [0.29, 0.717) is 19.0 Å². The number of rotatable bonds is 12. The third-order valence-corrected chi connectivity index (χ3v) is 4.70. The summed E-state index contributed by atoms with van der Waals surface area (Å²) in [6, 6.07) is 6.48. The van der Waals surface area contributed by atoms with Gasteiger partial charge in [0, 0.05) is 31.3 Å². The molecule has 0 aliphatic rings. The molecule has 0 aliphatic carbocycles. The summed E-state index contributed by atoms with van der Waals surface area (Å²) in [5, 5.41) is 17.2. The van der Waals surface area contributed by atoms with E-state index < -0.39 is 14.9 Å². The first-order valence-electron chi connectivity index (χ1n) is 9.44. The van der Waals surface area contributed by atoms with Crippen LogP contribution in [0.4, 0.5) is 5.69 Å². The Labute approximate surface area is 190 Å². The van der Waals surface area contributed by atoms with Crippen molar-refractivity contribution in [1.29, 1.82) is 0 Å². The van der Waals surface area contributed by atoms with Gasteiger partial charge in [-0.3, -0.25) is 10.1 Å². The van der Waals surface area contributed by atoms with Gasteiger partial charge in [-0.25, -0.2) is 18.1 Å². The van der Waals surface area contributed by atoms with Gasteiger partial charge in [0.05, 0.1) is 17.7 Å². The van der Waals surface area contributed by atoms with Gasteiger partial charge in [-0.1, -0.05) is 38.3 Å². The van der Waals surface area contributed by atoms with E-state index in [1.807, 2.05) is 0 Å². The first-order chi connectivity index (χ1) is 13.2. The monoisotopic (exact) mass is 541 g/mol. The summed E-state index contributed by atoms with van der Waals surface area (Å²) in [7, 11) is -3.23. The average molecular weight is 541 g/mol. The second-order valence-electron chi connectivity index (χ2n) is 6.72. The number of nitrogens with one attached hydrogen (secondary N) is 3. The number of guanidine groups is 1. The second kappa shape index (κ2) is 14.5. The van der Waals surface area contributed by atoms with E-state index in [1.54, 1.807) is 12.1 Å².